The Hall–Kier alpha value is -1.97. The van der Waals surface area contributed by atoms with Crippen molar-refractivity contribution in [2.24, 2.45) is 17.8 Å². The number of fused-ring (bicyclic) bond motifs is 1. The molecule has 0 aromatic heterocycles. The first-order valence-electron chi connectivity index (χ1n) is 7.53. The van der Waals surface area contributed by atoms with Gasteiger partial charge in [-0.1, -0.05) is 45.0 Å². The van der Waals surface area contributed by atoms with E-state index >= 15 is 0 Å². The number of rotatable bonds is 1. The first kappa shape index (κ1) is 15.4. The molecule has 1 aliphatic carbocycles. The first-order chi connectivity index (χ1) is 10.1. The molecule has 2 aliphatic rings. The van der Waals surface area contributed by atoms with Crippen LogP contribution in [0.4, 0.5) is 0 Å². The van der Waals surface area contributed by atoms with Crippen LogP contribution < -0.4 is 5.32 Å². The van der Waals surface area contributed by atoms with Crippen LogP contribution in [0.2, 0.25) is 0 Å². The minimum absolute atomic E-state index is 0.0388. The van der Waals surface area contributed by atoms with Gasteiger partial charge in [-0.15, -0.1) is 0 Å². The van der Waals surface area contributed by atoms with Crippen molar-refractivity contribution in [2.45, 2.75) is 33.6 Å². The van der Waals surface area contributed by atoms with E-state index in [1.54, 1.807) is 0 Å². The molecule has 0 spiro atoms. The predicted molar refractivity (Wildman–Crippen MR) is 79.7 cm³/mol. The fraction of sp³-hybridized carbons (Fsp3) is 0.471. The van der Waals surface area contributed by atoms with E-state index in [4.69, 9.17) is 0 Å². The van der Waals surface area contributed by atoms with Gasteiger partial charge in [0.25, 0.3) is 0 Å². The van der Waals surface area contributed by atoms with Crippen molar-refractivity contribution in [3.05, 3.63) is 35.4 Å². The minimum Gasteiger partial charge on any atom is -0.296 e. The molecule has 0 radical (unpaired) electrons. The highest BCUT2D eigenvalue weighted by molar-refractivity contribution is 6.07. The van der Waals surface area contributed by atoms with E-state index in [0.29, 0.717) is 12.8 Å². The van der Waals surface area contributed by atoms with Gasteiger partial charge in [0, 0.05) is 17.9 Å². The van der Waals surface area contributed by atoms with Gasteiger partial charge in [0.1, 0.15) is 0 Å². The maximum atomic E-state index is 12.4. The molecule has 1 saturated heterocycles. The lowest BCUT2D eigenvalue weighted by atomic mass is 9.76. The molecule has 0 saturated carbocycles. The Morgan fingerprint density at radius 2 is 1.71 bits per heavy atom. The van der Waals surface area contributed by atoms with Crippen LogP contribution in [-0.4, -0.2) is 17.6 Å². The summed E-state index contributed by atoms with van der Waals surface area (Å²) in [4.78, 5) is 35.7. The van der Waals surface area contributed by atoms with Crippen molar-refractivity contribution in [2.75, 3.05) is 0 Å². The van der Waals surface area contributed by atoms with Gasteiger partial charge in [0.05, 0.1) is 5.92 Å². The molecule has 1 fully saturated rings. The highest BCUT2D eigenvalue weighted by Crippen LogP contribution is 2.37. The number of hydrogen-bond donors (Lipinski definition) is 1. The molecule has 3 unspecified atom stereocenters. The molecule has 1 aliphatic heterocycles. The third kappa shape index (κ3) is 2.75. The summed E-state index contributed by atoms with van der Waals surface area (Å²) in [5.41, 5.74) is 1.74. The Kier molecular flexibility index (Phi) is 4.56. The van der Waals surface area contributed by atoms with Gasteiger partial charge in [0.15, 0.2) is 5.78 Å². The van der Waals surface area contributed by atoms with Gasteiger partial charge in [-0.25, -0.2) is 0 Å². The van der Waals surface area contributed by atoms with E-state index in [0.717, 1.165) is 11.1 Å². The average molecular weight is 287 g/mol. The highest BCUT2D eigenvalue weighted by Gasteiger charge is 2.44. The Bertz CT molecular complexity index is 579. The molecule has 21 heavy (non-hydrogen) atoms. The van der Waals surface area contributed by atoms with E-state index in [1.165, 1.54) is 0 Å². The fourth-order valence-corrected chi connectivity index (χ4v) is 3.29. The Labute approximate surface area is 124 Å². The lowest BCUT2D eigenvalue weighted by molar-refractivity contribution is -0.139. The summed E-state index contributed by atoms with van der Waals surface area (Å²) in [5, 5.41) is 2.35. The highest BCUT2D eigenvalue weighted by atomic mass is 16.2. The second-order valence-electron chi connectivity index (χ2n) is 5.45. The largest absolute Gasteiger partial charge is 0.296 e. The predicted octanol–water partition coefficient (Wildman–Crippen LogP) is 2.37. The number of amides is 2. The van der Waals surface area contributed by atoms with Crippen LogP contribution in [-0.2, 0) is 16.0 Å². The fourth-order valence-electron chi connectivity index (χ4n) is 3.29. The molecule has 2 amide bonds. The lowest BCUT2D eigenvalue weighted by Gasteiger charge is -2.30. The summed E-state index contributed by atoms with van der Waals surface area (Å²) >= 11 is 0. The smallest absolute Gasteiger partial charge is 0.230 e. The van der Waals surface area contributed by atoms with Crippen LogP contribution in [0.5, 0.6) is 0 Å². The zero-order chi connectivity index (χ0) is 15.6. The van der Waals surface area contributed by atoms with Gasteiger partial charge in [-0.2, -0.15) is 0 Å². The molecule has 3 atom stereocenters. The van der Waals surface area contributed by atoms with E-state index in [9.17, 15) is 14.4 Å². The molecule has 4 heteroatoms. The van der Waals surface area contributed by atoms with E-state index in [2.05, 4.69) is 5.32 Å². The third-order valence-corrected chi connectivity index (χ3v) is 4.18. The molecular weight excluding hydrogens is 266 g/mol. The van der Waals surface area contributed by atoms with Crippen LogP contribution in [0.3, 0.4) is 0 Å². The van der Waals surface area contributed by atoms with Gasteiger partial charge >= 0.3 is 0 Å². The van der Waals surface area contributed by atoms with Crippen molar-refractivity contribution in [3.8, 4) is 0 Å². The van der Waals surface area contributed by atoms with Crippen LogP contribution in [0.1, 0.15) is 43.1 Å². The molecule has 1 heterocycles. The Balaban J connectivity index is 0.000000774. The molecule has 1 N–H and O–H groups in total. The minimum atomic E-state index is -0.391. The number of nitrogens with one attached hydrogen (secondary N) is 1. The van der Waals surface area contributed by atoms with E-state index in [-0.39, 0.29) is 29.4 Å². The first-order valence-corrected chi connectivity index (χ1v) is 7.53. The molecule has 4 nitrogen and oxygen atoms in total. The molecule has 0 bridgehead atoms. The Morgan fingerprint density at radius 1 is 1.05 bits per heavy atom. The summed E-state index contributed by atoms with van der Waals surface area (Å²) in [6.07, 6.45) is 0.919. The standard InChI is InChI=1S/C15H15NO3.C2H6/c1-8-6-12(17)16-15(19)13(8)11-7-9-4-2-3-5-10(9)14(11)18;1-2/h2-5,8,11,13H,6-7H2,1H3,(H,16,17,19);1-2H3. The maximum Gasteiger partial charge on any atom is 0.230 e. The van der Waals surface area contributed by atoms with Crippen LogP contribution in [0.25, 0.3) is 0 Å². The second kappa shape index (κ2) is 6.20. The zero-order valence-corrected chi connectivity index (χ0v) is 12.7. The maximum absolute atomic E-state index is 12.4. The Morgan fingerprint density at radius 3 is 2.33 bits per heavy atom. The number of piperidine rings is 1. The van der Waals surface area contributed by atoms with Gasteiger partial charge in [-0.3, -0.25) is 19.7 Å². The summed E-state index contributed by atoms with van der Waals surface area (Å²) in [5.74, 6) is -1.29. The van der Waals surface area contributed by atoms with E-state index < -0.39 is 5.92 Å². The summed E-state index contributed by atoms with van der Waals surface area (Å²) in [6, 6.07) is 7.49. The normalized spacial score (nSPS) is 27.6. The second-order valence-corrected chi connectivity index (χ2v) is 5.45. The van der Waals surface area contributed by atoms with Crippen molar-refractivity contribution >= 4 is 17.6 Å². The number of Topliss-reactive ketones (excluding diaryl/α,β-unsaturated/α-hetero) is 1. The number of benzene rings is 1. The lowest BCUT2D eigenvalue weighted by Crippen LogP contribution is -2.48. The van der Waals surface area contributed by atoms with Crippen LogP contribution in [0, 0.1) is 17.8 Å². The summed E-state index contributed by atoms with van der Waals surface area (Å²) in [6.45, 7) is 5.87. The number of imide groups is 1. The van der Waals surface area contributed by atoms with Gasteiger partial charge < -0.3 is 0 Å². The molecule has 1 aromatic carbocycles. The third-order valence-electron chi connectivity index (χ3n) is 4.18. The van der Waals surface area contributed by atoms with Crippen LogP contribution >= 0.6 is 0 Å². The van der Waals surface area contributed by atoms with Crippen LogP contribution in [0.15, 0.2) is 24.3 Å². The molecule has 112 valence electrons. The number of carbonyl (C=O) groups excluding carboxylic acids is 3. The molecule has 1 aromatic rings. The summed E-state index contributed by atoms with van der Waals surface area (Å²) in [7, 11) is 0. The van der Waals surface area contributed by atoms with Crippen molar-refractivity contribution in [3.63, 3.8) is 0 Å². The van der Waals surface area contributed by atoms with E-state index in [1.807, 2.05) is 45.0 Å². The summed E-state index contributed by atoms with van der Waals surface area (Å²) < 4.78 is 0. The monoisotopic (exact) mass is 287 g/mol. The topological polar surface area (TPSA) is 63.2 Å². The number of hydrogen-bond acceptors (Lipinski definition) is 3. The quantitative estimate of drug-likeness (QED) is 0.807. The number of ketones is 1. The SMILES string of the molecule is CC.CC1CC(=O)NC(=O)C1C1Cc2ccccc2C1=O. The molecular formula is C17H21NO3. The van der Waals surface area contributed by atoms with Gasteiger partial charge in [-0.05, 0) is 17.9 Å². The van der Waals surface area contributed by atoms with Gasteiger partial charge in [0.2, 0.25) is 11.8 Å². The molecule has 3 rings (SSSR count). The van der Waals surface area contributed by atoms with Crippen molar-refractivity contribution in [1.29, 1.82) is 0 Å². The van der Waals surface area contributed by atoms with Crippen molar-refractivity contribution in [1.82, 2.24) is 5.32 Å². The number of carbonyl (C=O) groups is 3. The average Bonchev–Trinajstić information content (AvgIpc) is 2.78. The zero-order valence-electron chi connectivity index (χ0n) is 12.7. The van der Waals surface area contributed by atoms with Crippen molar-refractivity contribution < 1.29 is 14.4 Å².